The van der Waals surface area contributed by atoms with Gasteiger partial charge in [-0.25, -0.2) is 0 Å². The number of benzene rings is 2. The summed E-state index contributed by atoms with van der Waals surface area (Å²) in [4.78, 5) is 12.3. The first-order chi connectivity index (χ1) is 9.74. The fraction of sp³-hybridized carbons (Fsp3) is 0.235. The predicted molar refractivity (Wildman–Crippen MR) is 80.9 cm³/mol. The van der Waals surface area contributed by atoms with E-state index in [9.17, 15) is 4.79 Å². The number of carbonyl (C=O) groups is 1. The molecule has 0 amide bonds. The summed E-state index contributed by atoms with van der Waals surface area (Å²) in [6, 6.07) is 19.1. The van der Waals surface area contributed by atoms with Crippen molar-refractivity contribution in [1.29, 1.82) is 0 Å². The van der Waals surface area contributed by atoms with Crippen LogP contribution >= 0.6 is 11.6 Å². The molecule has 104 valence electrons. The largest absolute Gasteiger partial charge is 0.465 e. The molecule has 0 fully saturated rings. The van der Waals surface area contributed by atoms with Gasteiger partial charge in [-0.3, -0.25) is 4.79 Å². The van der Waals surface area contributed by atoms with Crippen molar-refractivity contribution in [3.8, 4) is 0 Å². The highest BCUT2D eigenvalue weighted by atomic mass is 35.5. The first kappa shape index (κ1) is 14.6. The molecular weight excluding hydrogens is 272 g/mol. The molecule has 0 aliphatic heterocycles. The van der Waals surface area contributed by atoms with Crippen LogP contribution in [0.4, 0.5) is 0 Å². The number of esters is 1. The molecule has 0 aliphatic rings. The van der Waals surface area contributed by atoms with Gasteiger partial charge in [0.2, 0.25) is 0 Å². The third-order valence-corrected chi connectivity index (χ3v) is 3.61. The van der Waals surface area contributed by atoms with Gasteiger partial charge >= 0.3 is 5.97 Å². The quantitative estimate of drug-likeness (QED) is 0.605. The molecule has 2 aromatic carbocycles. The Kier molecular flexibility index (Phi) is 5.19. The van der Waals surface area contributed by atoms with Gasteiger partial charge in [-0.05, 0) is 18.1 Å². The van der Waals surface area contributed by atoms with E-state index in [1.165, 1.54) is 0 Å². The Bertz CT molecular complexity index is 539. The molecule has 0 aromatic heterocycles. The Morgan fingerprint density at radius 2 is 1.50 bits per heavy atom. The van der Waals surface area contributed by atoms with Crippen molar-refractivity contribution in [2.24, 2.45) is 0 Å². The molecule has 0 heterocycles. The molecular formula is C17H17ClO2. The molecule has 0 bridgehead atoms. The Morgan fingerprint density at radius 3 is 2.00 bits per heavy atom. The molecule has 0 saturated heterocycles. The van der Waals surface area contributed by atoms with E-state index in [1.54, 1.807) is 6.92 Å². The van der Waals surface area contributed by atoms with E-state index in [0.29, 0.717) is 6.61 Å². The standard InChI is InChI=1S/C17H17ClO2/c1-2-20-17(19)15(13-9-5-3-6-10-13)16(18)14-11-7-4-8-12-14/h3-12,15-16H,2H2,1H3/t15-,16-/m1/s1. The minimum absolute atomic E-state index is 0.289. The van der Waals surface area contributed by atoms with Gasteiger partial charge in [0.15, 0.2) is 0 Å². The van der Waals surface area contributed by atoms with Crippen LogP contribution in [0.5, 0.6) is 0 Å². The monoisotopic (exact) mass is 288 g/mol. The summed E-state index contributed by atoms with van der Waals surface area (Å²) >= 11 is 6.54. The number of hydrogen-bond donors (Lipinski definition) is 0. The Hall–Kier alpha value is -1.80. The van der Waals surface area contributed by atoms with E-state index in [-0.39, 0.29) is 5.97 Å². The molecule has 0 N–H and O–H groups in total. The zero-order valence-corrected chi connectivity index (χ0v) is 12.1. The van der Waals surface area contributed by atoms with Gasteiger partial charge in [-0.15, -0.1) is 11.6 Å². The summed E-state index contributed by atoms with van der Waals surface area (Å²) in [5, 5.41) is -0.447. The van der Waals surface area contributed by atoms with Crippen LogP contribution in [0.25, 0.3) is 0 Å². The highest BCUT2D eigenvalue weighted by Crippen LogP contribution is 2.37. The van der Waals surface area contributed by atoms with E-state index in [0.717, 1.165) is 11.1 Å². The lowest BCUT2D eigenvalue weighted by atomic mass is 9.91. The maximum atomic E-state index is 12.3. The smallest absolute Gasteiger partial charge is 0.315 e. The molecule has 0 unspecified atom stereocenters. The van der Waals surface area contributed by atoms with Crippen LogP contribution in [0.2, 0.25) is 0 Å². The lowest BCUT2D eigenvalue weighted by Gasteiger charge is -2.21. The molecule has 20 heavy (non-hydrogen) atoms. The van der Waals surface area contributed by atoms with Crippen LogP contribution in [0.1, 0.15) is 29.3 Å². The van der Waals surface area contributed by atoms with E-state index in [2.05, 4.69) is 0 Å². The fourth-order valence-corrected chi connectivity index (χ4v) is 2.54. The second-order valence-electron chi connectivity index (χ2n) is 4.45. The predicted octanol–water partition coefficient (Wildman–Crippen LogP) is 4.31. The molecule has 2 atom stereocenters. The molecule has 2 nitrogen and oxygen atoms in total. The average Bonchev–Trinajstić information content (AvgIpc) is 2.50. The van der Waals surface area contributed by atoms with Crippen molar-refractivity contribution in [3.05, 3.63) is 71.8 Å². The highest BCUT2D eigenvalue weighted by molar-refractivity contribution is 6.22. The van der Waals surface area contributed by atoms with Crippen LogP contribution in [0, 0.1) is 0 Å². The van der Waals surface area contributed by atoms with Crippen molar-refractivity contribution in [2.75, 3.05) is 6.61 Å². The Balaban J connectivity index is 2.34. The van der Waals surface area contributed by atoms with Gasteiger partial charge in [0.1, 0.15) is 5.92 Å². The van der Waals surface area contributed by atoms with Crippen molar-refractivity contribution in [2.45, 2.75) is 18.2 Å². The third-order valence-electron chi connectivity index (χ3n) is 3.11. The average molecular weight is 289 g/mol. The van der Waals surface area contributed by atoms with E-state index in [4.69, 9.17) is 16.3 Å². The van der Waals surface area contributed by atoms with Gasteiger partial charge in [0.25, 0.3) is 0 Å². The molecule has 0 spiro atoms. The van der Waals surface area contributed by atoms with Gasteiger partial charge < -0.3 is 4.74 Å². The summed E-state index contributed by atoms with van der Waals surface area (Å²) in [6.07, 6.45) is 0. The van der Waals surface area contributed by atoms with Gasteiger partial charge in [0, 0.05) is 0 Å². The summed E-state index contributed by atoms with van der Waals surface area (Å²) in [5.74, 6) is -0.789. The van der Waals surface area contributed by atoms with Crippen LogP contribution in [-0.4, -0.2) is 12.6 Å². The summed E-state index contributed by atoms with van der Waals surface area (Å²) in [7, 11) is 0. The maximum absolute atomic E-state index is 12.3. The summed E-state index contributed by atoms with van der Waals surface area (Å²) < 4.78 is 5.18. The number of hydrogen-bond acceptors (Lipinski definition) is 2. The fourth-order valence-electron chi connectivity index (χ4n) is 2.15. The lowest BCUT2D eigenvalue weighted by Crippen LogP contribution is -2.20. The van der Waals surface area contributed by atoms with Gasteiger partial charge in [-0.2, -0.15) is 0 Å². The minimum Gasteiger partial charge on any atom is -0.465 e. The number of carbonyl (C=O) groups excluding carboxylic acids is 1. The third kappa shape index (κ3) is 3.40. The van der Waals surface area contributed by atoms with E-state index in [1.807, 2.05) is 60.7 Å². The number of ether oxygens (including phenoxy) is 1. The van der Waals surface area contributed by atoms with Crippen molar-refractivity contribution in [1.82, 2.24) is 0 Å². The molecule has 0 saturated carbocycles. The van der Waals surface area contributed by atoms with Crippen molar-refractivity contribution < 1.29 is 9.53 Å². The number of rotatable bonds is 5. The molecule has 0 aliphatic carbocycles. The summed E-state index contributed by atoms with van der Waals surface area (Å²) in [5.41, 5.74) is 1.78. The second kappa shape index (κ2) is 7.11. The topological polar surface area (TPSA) is 26.3 Å². The first-order valence-electron chi connectivity index (χ1n) is 6.64. The molecule has 0 radical (unpaired) electrons. The number of halogens is 1. The Morgan fingerprint density at radius 1 is 1.00 bits per heavy atom. The normalized spacial score (nSPS) is 13.5. The molecule has 2 aromatic rings. The van der Waals surface area contributed by atoms with Gasteiger partial charge in [0.05, 0.1) is 12.0 Å². The van der Waals surface area contributed by atoms with Crippen LogP contribution < -0.4 is 0 Å². The second-order valence-corrected chi connectivity index (χ2v) is 4.92. The minimum atomic E-state index is -0.500. The van der Waals surface area contributed by atoms with E-state index < -0.39 is 11.3 Å². The first-order valence-corrected chi connectivity index (χ1v) is 7.08. The molecule has 2 rings (SSSR count). The van der Waals surface area contributed by atoms with Crippen molar-refractivity contribution in [3.63, 3.8) is 0 Å². The zero-order chi connectivity index (χ0) is 14.4. The lowest BCUT2D eigenvalue weighted by molar-refractivity contribution is -0.145. The Labute approximate surface area is 124 Å². The molecule has 3 heteroatoms. The number of alkyl halides is 1. The summed E-state index contributed by atoms with van der Waals surface area (Å²) in [6.45, 7) is 2.15. The van der Waals surface area contributed by atoms with Gasteiger partial charge in [-0.1, -0.05) is 60.7 Å². The zero-order valence-electron chi connectivity index (χ0n) is 11.3. The van der Waals surface area contributed by atoms with Crippen LogP contribution in [0.15, 0.2) is 60.7 Å². The SMILES string of the molecule is CCOC(=O)[C@H](c1ccccc1)[C@H](Cl)c1ccccc1. The highest BCUT2D eigenvalue weighted by Gasteiger charge is 2.30. The van der Waals surface area contributed by atoms with Crippen LogP contribution in [-0.2, 0) is 9.53 Å². The van der Waals surface area contributed by atoms with E-state index >= 15 is 0 Å². The van der Waals surface area contributed by atoms with Crippen LogP contribution in [0.3, 0.4) is 0 Å². The maximum Gasteiger partial charge on any atom is 0.315 e. The van der Waals surface area contributed by atoms with Crippen molar-refractivity contribution >= 4 is 17.6 Å².